The standard InChI is InChI=1S/C37H46F2N2O3/c1-36(2,3)31-23-27(24-32(34(31)43)37(4,5)6)35(44)41-22-10-9-21-40-33(42)12-8-7-11-30(25-13-17-28(38)18-14-25)26-15-19-29(39)20-16-26/h9-10,13-20,23-24,30,43H,7-8,11-12,21-22H2,1-6H3,(H,40,42)(H,41,44)/b10-9+. The van der Waals surface area contributed by atoms with Crippen LogP contribution in [0.25, 0.3) is 0 Å². The summed E-state index contributed by atoms with van der Waals surface area (Å²) in [6.45, 7) is 12.7. The van der Waals surface area contributed by atoms with Crippen molar-refractivity contribution in [1.29, 1.82) is 0 Å². The van der Waals surface area contributed by atoms with Gasteiger partial charge < -0.3 is 15.7 Å². The van der Waals surface area contributed by atoms with Gasteiger partial charge in [0.05, 0.1) is 0 Å². The van der Waals surface area contributed by atoms with Crippen molar-refractivity contribution in [3.63, 3.8) is 0 Å². The molecule has 0 fully saturated rings. The number of carbonyl (C=O) groups is 2. The van der Waals surface area contributed by atoms with E-state index in [0.717, 1.165) is 35.1 Å². The molecule has 0 bridgehead atoms. The largest absolute Gasteiger partial charge is 0.507 e. The molecule has 0 aliphatic carbocycles. The maximum Gasteiger partial charge on any atom is 0.251 e. The van der Waals surface area contributed by atoms with Gasteiger partial charge in [-0.2, -0.15) is 0 Å². The highest BCUT2D eigenvalue weighted by Crippen LogP contribution is 2.39. The molecule has 3 N–H and O–H groups in total. The zero-order chi connectivity index (χ0) is 32.5. The molecule has 0 atom stereocenters. The van der Waals surface area contributed by atoms with E-state index in [1.165, 1.54) is 24.3 Å². The summed E-state index contributed by atoms with van der Waals surface area (Å²) in [4.78, 5) is 25.3. The number of aromatic hydroxyl groups is 1. The lowest BCUT2D eigenvalue weighted by Gasteiger charge is -2.28. The van der Waals surface area contributed by atoms with Crippen LogP contribution in [0.3, 0.4) is 0 Å². The topological polar surface area (TPSA) is 78.4 Å². The first-order chi connectivity index (χ1) is 20.7. The van der Waals surface area contributed by atoms with Crippen LogP contribution in [0, 0.1) is 11.6 Å². The fraction of sp³-hybridized carbons (Fsp3) is 0.405. The molecule has 0 unspecified atom stereocenters. The number of amides is 2. The van der Waals surface area contributed by atoms with E-state index in [2.05, 4.69) is 10.6 Å². The number of rotatable bonds is 12. The monoisotopic (exact) mass is 604 g/mol. The minimum atomic E-state index is -0.328. The second kappa shape index (κ2) is 15.1. The zero-order valence-corrected chi connectivity index (χ0v) is 26.8. The maximum absolute atomic E-state index is 13.5. The molecule has 0 saturated carbocycles. The molecule has 0 aromatic heterocycles. The Morgan fingerprint density at radius 3 is 1.66 bits per heavy atom. The van der Waals surface area contributed by atoms with Gasteiger partial charge in [0.15, 0.2) is 0 Å². The molecule has 2 amide bonds. The van der Waals surface area contributed by atoms with Gasteiger partial charge in [0.2, 0.25) is 5.91 Å². The van der Waals surface area contributed by atoms with Crippen molar-refractivity contribution in [2.45, 2.75) is 84.0 Å². The summed E-state index contributed by atoms with van der Waals surface area (Å²) in [5, 5.41) is 16.6. The van der Waals surface area contributed by atoms with Crippen LogP contribution in [0.4, 0.5) is 8.78 Å². The van der Waals surface area contributed by atoms with Crippen molar-refractivity contribution in [1.82, 2.24) is 10.6 Å². The summed E-state index contributed by atoms with van der Waals surface area (Å²) in [5.41, 5.74) is 3.21. The Morgan fingerprint density at radius 2 is 1.20 bits per heavy atom. The van der Waals surface area contributed by atoms with Gasteiger partial charge in [0, 0.05) is 42.1 Å². The number of phenolic OH excluding ortho intramolecular Hbond substituents is 1. The molecule has 5 nitrogen and oxygen atoms in total. The predicted molar refractivity (Wildman–Crippen MR) is 173 cm³/mol. The molecule has 236 valence electrons. The SMILES string of the molecule is CC(C)(C)c1cc(C(=O)NC/C=C/CNC(=O)CCCCC(c2ccc(F)cc2)c2ccc(F)cc2)cc(C(C)(C)C)c1O. The number of unbranched alkanes of at least 4 members (excludes halogenated alkanes) is 1. The van der Waals surface area contributed by atoms with E-state index in [1.54, 1.807) is 48.6 Å². The molecular weight excluding hydrogens is 558 g/mol. The van der Waals surface area contributed by atoms with Crippen molar-refractivity contribution in [3.05, 3.63) is 112 Å². The molecule has 7 heteroatoms. The van der Waals surface area contributed by atoms with E-state index >= 15 is 0 Å². The average Bonchev–Trinajstić information content (AvgIpc) is 2.95. The van der Waals surface area contributed by atoms with Crippen LogP contribution in [0.2, 0.25) is 0 Å². The summed E-state index contributed by atoms with van der Waals surface area (Å²) in [6, 6.07) is 16.2. The van der Waals surface area contributed by atoms with Crippen molar-refractivity contribution in [3.8, 4) is 5.75 Å². The lowest BCUT2D eigenvalue weighted by Crippen LogP contribution is -2.26. The summed E-state index contributed by atoms with van der Waals surface area (Å²) in [5.74, 6) is -0.679. The van der Waals surface area contributed by atoms with Crippen molar-refractivity contribution < 1.29 is 23.5 Å². The van der Waals surface area contributed by atoms with Crippen LogP contribution in [0.1, 0.15) is 106 Å². The number of halogens is 2. The Kier molecular flexibility index (Phi) is 11.9. The van der Waals surface area contributed by atoms with Gasteiger partial charge >= 0.3 is 0 Å². The zero-order valence-electron chi connectivity index (χ0n) is 26.8. The number of nitrogens with one attached hydrogen (secondary N) is 2. The van der Waals surface area contributed by atoms with E-state index < -0.39 is 0 Å². The van der Waals surface area contributed by atoms with Crippen LogP contribution in [0.5, 0.6) is 5.75 Å². The molecule has 44 heavy (non-hydrogen) atoms. The first-order valence-corrected chi connectivity index (χ1v) is 15.3. The minimum absolute atomic E-state index is 0.0147. The molecule has 3 aromatic carbocycles. The van der Waals surface area contributed by atoms with Crippen LogP contribution in [-0.2, 0) is 15.6 Å². The van der Waals surface area contributed by atoms with Gasteiger partial charge in [-0.15, -0.1) is 0 Å². The van der Waals surface area contributed by atoms with Crippen LogP contribution >= 0.6 is 0 Å². The summed E-state index contributed by atoms with van der Waals surface area (Å²) in [7, 11) is 0. The van der Waals surface area contributed by atoms with Gasteiger partial charge in [0.1, 0.15) is 17.4 Å². The first kappa shape index (κ1) is 34.5. The Bertz CT molecular complexity index is 1350. The third-order valence-electron chi connectivity index (χ3n) is 7.64. The summed E-state index contributed by atoms with van der Waals surface area (Å²) in [6.07, 6.45) is 6.18. The Morgan fingerprint density at radius 1 is 0.750 bits per heavy atom. The normalized spacial score (nSPS) is 12.1. The minimum Gasteiger partial charge on any atom is -0.507 e. The smallest absolute Gasteiger partial charge is 0.251 e. The molecule has 0 spiro atoms. The fourth-order valence-electron chi connectivity index (χ4n) is 5.14. The van der Waals surface area contributed by atoms with Gasteiger partial charge in [-0.05, 0) is 71.2 Å². The van der Waals surface area contributed by atoms with Gasteiger partial charge in [-0.3, -0.25) is 9.59 Å². The van der Waals surface area contributed by atoms with Crippen molar-refractivity contribution in [2.75, 3.05) is 13.1 Å². The number of carbonyl (C=O) groups excluding carboxylic acids is 2. The first-order valence-electron chi connectivity index (χ1n) is 15.3. The van der Waals surface area contributed by atoms with Gasteiger partial charge in [0.25, 0.3) is 5.91 Å². The highest BCUT2D eigenvalue weighted by atomic mass is 19.1. The average molecular weight is 605 g/mol. The number of hydrogen-bond acceptors (Lipinski definition) is 3. The summed E-state index contributed by atoms with van der Waals surface area (Å²) < 4.78 is 26.9. The van der Waals surface area contributed by atoms with E-state index in [1.807, 2.05) is 41.5 Å². The quantitative estimate of drug-likeness (QED) is 0.145. The van der Waals surface area contributed by atoms with E-state index in [0.29, 0.717) is 31.5 Å². The second-order valence-electron chi connectivity index (χ2n) is 13.3. The van der Waals surface area contributed by atoms with Crippen LogP contribution in [0.15, 0.2) is 72.8 Å². The molecule has 3 aromatic rings. The lowest BCUT2D eigenvalue weighted by atomic mass is 9.78. The predicted octanol–water partition coefficient (Wildman–Crippen LogP) is 8.06. The number of phenols is 1. The van der Waals surface area contributed by atoms with E-state index in [9.17, 15) is 23.5 Å². The highest BCUT2D eigenvalue weighted by Gasteiger charge is 2.27. The Balaban J connectivity index is 1.44. The van der Waals surface area contributed by atoms with Gasteiger partial charge in [-0.1, -0.05) is 84.4 Å². The molecule has 0 saturated heterocycles. The third kappa shape index (κ3) is 10.0. The molecule has 0 radical (unpaired) electrons. The highest BCUT2D eigenvalue weighted by molar-refractivity contribution is 5.95. The molecule has 0 aliphatic heterocycles. The molecular formula is C37H46F2N2O3. The van der Waals surface area contributed by atoms with E-state index in [4.69, 9.17) is 0 Å². The van der Waals surface area contributed by atoms with Crippen molar-refractivity contribution in [2.24, 2.45) is 0 Å². The number of benzene rings is 3. The van der Waals surface area contributed by atoms with Crippen molar-refractivity contribution >= 4 is 11.8 Å². The molecule has 0 heterocycles. The second-order valence-corrected chi connectivity index (χ2v) is 13.3. The Labute approximate surface area is 260 Å². The molecule has 0 aliphatic rings. The maximum atomic E-state index is 13.5. The fourth-order valence-corrected chi connectivity index (χ4v) is 5.14. The van der Waals surface area contributed by atoms with E-state index in [-0.39, 0.29) is 45.9 Å². The van der Waals surface area contributed by atoms with Gasteiger partial charge in [-0.25, -0.2) is 8.78 Å². The van der Waals surface area contributed by atoms with Crippen LogP contribution < -0.4 is 10.6 Å². The molecule has 3 rings (SSSR count). The lowest BCUT2D eigenvalue weighted by molar-refractivity contribution is -0.121. The summed E-state index contributed by atoms with van der Waals surface area (Å²) >= 11 is 0. The Hall–Kier alpha value is -4.00. The van der Waals surface area contributed by atoms with Crippen LogP contribution in [-0.4, -0.2) is 30.0 Å². The third-order valence-corrected chi connectivity index (χ3v) is 7.64. The number of hydrogen-bond donors (Lipinski definition) is 3.